The van der Waals surface area contributed by atoms with Crippen molar-refractivity contribution in [3.05, 3.63) is 35.9 Å². The van der Waals surface area contributed by atoms with E-state index < -0.39 is 12.1 Å². The van der Waals surface area contributed by atoms with Gasteiger partial charge in [0.1, 0.15) is 12.7 Å². The van der Waals surface area contributed by atoms with Gasteiger partial charge >= 0.3 is 12.1 Å². The Morgan fingerprint density at radius 2 is 1.88 bits per heavy atom. The van der Waals surface area contributed by atoms with Crippen molar-refractivity contribution in [2.75, 3.05) is 19.7 Å². The summed E-state index contributed by atoms with van der Waals surface area (Å²) < 4.78 is 10.3. The van der Waals surface area contributed by atoms with Gasteiger partial charge in [-0.1, -0.05) is 30.3 Å². The number of hydrogen-bond acceptors (Lipinski definition) is 5. The summed E-state index contributed by atoms with van der Waals surface area (Å²) in [6, 6.07) is 9.61. The summed E-state index contributed by atoms with van der Waals surface area (Å²) in [5.41, 5.74) is 0.973. The molecule has 6 heteroatoms. The molecule has 1 fully saturated rings. The molecular formula is C18H25NO5. The van der Waals surface area contributed by atoms with Crippen molar-refractivity contribution in [2.24, 2.45) is 5.92 Å². The van der Waals surface area contributed by atoms with Gasteiger partial charge in [-0.3, -0.25) is 0 Å². The van der Waals surface area contributed by atoms with Crippen molar-refractivity contribution in [3.63, 3.8) is 0 Å². The quantitative estimate of drug-likeness (QED) is 0.808. The van der Waals surface area contributed by atoms with Crippen molar-refractivity contribution in [3.8, 4) is 0 Å². The van der Waals surface area contributed by atoms with E-state index in [-0.39, 0.29) is 12.7 Å². The van der Waals surface area contributed by atoms with Gasteiger partial charge in [0.2, 0.25) is 0 Å². The molecule has 2 rings (SSSR count). The molecule has 1 aromatic carbocycles. The SMILES string of the molecule is C[C@H](O)C(=O)OCCC1CCN(C(=O)OCc2ccccc2)CC1. The van der Waals surface area contributed by atoms with E-state index in [2.05, 4.69) is 0 Å². The Balaban J connectivity index is 1.63. The van der Waals surface area contributed by atoms with Gasteiger partial charge < -0.3 is 19.5 Å². The van der Waals surface area contributed by atoms with Gasteiger partial charge in [-0.2, -0.15) is 0 Å². The number of likely N-dealkylation sites (tertiary alicyclic amines) is 1. The first-order valence-electron chi connectivity index (χ1n) is 8.36. The van der Waals surface area contributed by atoms with Gasteiger partial charge in [0.25, 0.3) is 0 Å². The second kappa shape index (κ2) is 9.27. The summed E-state index contributed by atoms with van der Waals surface area (Å²) in [7, 11) is 0. The molecule has 1 amide bonds. The minimum absolute atomic E-state index is 0.280. The van der Waals surface area contributed by atoms with Crippen LogP contribution in [0, 0.1) is 5.92 Å². The highest BCUT2D eigenvalue weighted by atomic mass is 16.6. The second-order valence-electron chi connectivity index (χ2n) is 6.10. The molecular weight excluding hydrogens is 310 g/mol. The number of rotatable bonds is 6. The lowest BCUT2D eigenvalue weighted by Crippen LogP contribution is -2.39. The van der Waals surface area contributed by atoms with Crippen LogP contribution in [0.2, 0.25) is 0 Å². The largest absolute Gasteiger partial charge is 0.464 e. The Morgan fingerprint density at radius 1 is 1.21 bits per heavy atom. The maximum Gasteiger partial charge on any atom is 0.410 e. The molecule has 1 saturated heterocycles. The Morgan fingerprint density at radius 3 is 2.50 bits per heavy atom. The Bertz CT molecular complexity index is 523. The maximum absolute atomic E-state index is 12.1. The fraction of sp³-hybridized carbons (Fsp3) is 0.556. The van der Waals surface area contributed by atoms with Crippen LogP contribution < -0.4 is 0 Å². The lowest BCUT2D eigenvalue weighted by atomic mass is 9.94. The van der Waals surface area contributed by atoms with Gasteiger partial charge in [0.05, 0.1) is 6.61 Å². The molecule has 1 aliphatic rings. The molecule has 1 aliphatic heterocycles. The number of carbonyl (C=O) groups is 2. The Hall–Kier alpha value is -2.08. The minimum Gasteiger partial charge on any atom is -0.464 e. The third-order valence-electron chi connectivity index (χ3n) is 4.19. The number of hydrogen-bond donors (Lipinski definition) is 1. The van der Waals surface area contributed by atoms with Gasteiger partial charge in [-0.05, 0) is 37.7 Å². The van der Waals surface area contributed by atoms with Crippen molar-refractivity contribution >= 4 is 12.1 Å². The highest BCUT2D eigenvalue weighted by molar-refractivity contribution is 5.73. The Kier molecular flexibility index (Phi) is 7.06. The molecule has 132 valence electrons. The first-order chi connectivity index (χ1) is 11.6. The van der Waals surface area contributed by atoms with Crippen molar-refractivity contribution in [2.45, 2.75) is 38.9 Å². The van der Waals surface area contributed by atoms with Crippen LogP contribution in [-0.2, 0) is 20.9 Å². The topological polar surface area (TPSA) is 76.1 Å². The number of ether oxygens (including phenoxy) is 2. The zero-order valence-corrected chi connectivity index (χ0v) is 14.0. The second-order valence-corrected chi connectivity index (χ2v) is 6.10. The standard InChI is InChI=1S/C18H25NO5/c1-14(20)17(21)23-12-9-15-7-10-19(11-8-15)18(22)24-13-16-5-3-2-4-6-16/h2-6,14-15,20H,7-13H2,1H3/t14-/m0/s1. The van der Waals surface area contributed by atoms with Crippen molar-refractivity contribution in [1.82, 2.24) is 4.90 Å². The zero-order chi connectivity index (χ0) is 17.4. The summed E-state index contributed by atoms with van der Waals surface area (Å²) in [4.78, 5) is 25.0. The highest BCUT2D eigenvalue weighted by Crippen LogP contribution is 2.21. The number of amides is 1. The highest BCUT2D eigenvalue weighted by Gasteiger charge is 2.24. The first kappa shape index (κ1) is 18.3. The molecule has 0 bridgehead atoms. The van der Waals surface area contributed by atoms with Crippen LogP contribution >= 0.6 is 0 Å². The number of piperidine rings is 1. The molecule has 0 saturated carbocycles. The molecule has 1 heterocycles. The normalized spacial score (nSPS) is 16.5. The maximum atomic E-state index is 12.1. The lowest BCUT2D eigenvalue weighted by Gasteiger charge is -2.31. The van der Waals surface area contributed by atoms with E-state index in [0.717, 1.165) is 24.8 Å². The van der Waals surface area contributed by atoms with Gasteiger partial charge in [0, 0.05) is 13.1 Å². The number of aliphatic hydroxyl groups is 1. The third kappa shape index (κ3) is 5.85. The van der Waals surface area contributed by atoms with Crippen LogP contribution in [0.25, 0.3) is 0 Å². The van der Waals surface area contributed by atoms with E-state index in [1.807, 2.05) is 30.3 Å². The van der Waals surface area contributed by atoms with Crippen LogP contribution in [0.4, 0.5) is 4.79 Å². The molecule has 1 aromatic rings. The molecule has 1 atom stereocenters. The molecule has 0 spiro atoms. The average Bonchev–Trinajstić information content (AvgIpc) is 2.61. The number of carbonyl (C=O) groups excluding carboxylic acids is 2. The molecule has 0 unspecified atom stereocenters. The van der Waals surface area contributed by atoms with E-state index >= 15 is 0 Å². The van der Waals surface area contributed by atoms with E-state index in [1.54, 1.807) is 4.90 Å². The van der Waals surface area contributed by atoms with Crippen molar-refractivity contribution < 1.29 is 24.2 Å². The lowest BCUT2D eigenvalue weighted by molar-refractivity contribution is -0.152. The number of benzene rings is 1. The average molecular weight is 335 g/mol. The molecule has 0 aromatic heterocycles. The summed E-state index contributed by atoms with van der Waals surface area (Å²) >= 11 is 0. The van der Waals surface area contributed by atoms with Crippen molar-refractivity contribution in [1.29, 1.82) is 0 Å². The summed E-state index contributed by atoms with van der Waals surface area (Å²) in [6.07, 6.45) is 1.13. The predicted octanol–water partition coefficient (Wildman–Crippen LogP) is 2.35. The summed E-state index contributed by atoms with van der Waals surface area (Å²) in [6.45, 7) is 3.30. The first-order valence-corrected chi connectivity index (χ1v) is 8.36. The third-order valence-corrected chi connectivity index (χ3v) is 4.19. The number of esters is 1. The van der Waals surface area contributed by atoms with E-state index in [4.69, 9.17) is 14.6 Å². The van der Waals surface area contributed by atoms with Crippen LogP contribution in [-0.4, -0.2) is 47.9 Å². The molecule has 6 nitrogen and oxygen atoms in total. The minimum atomic E-state index is -1.08. The van der Waals surface area contributed by atoms with Crippen LogP contribution in [0.5, 0.6) is 0 Å². The van der Waals surface area contributed by atoms with E-state index in [9.17, 15) is 9.59 Å². The van der Waals surface area contributed by atoms with Gasteiger partial charge in [0.15, 0.2) is 0 Å². The van der Waals surface area contributed by atoms with Gasteiger partial charge in [-0.15, -0.1) is 0 Å². The number of nitrogens with zero attached hydrogens (tertiary/aromatic N) is 1. The van der Waals surface area contributed by atoms with Crippen LogP contribution in [0.3, 0.4) is 0 Å². The zero-order valence-electron chi connectivity index (χ0n) is 14.0. The monoisotopic (exact) mass is 335 g/mol. The fourth-order valence-corrected chi connectivity index (χ4v) is 2.66. The fourth-order valence-electron chi connectivity index (χ4n) is 2.66. The smallest absolute Gasteiger partial charge is 0.410 e. The summed E-state index contributed by atoms with van der Waals surface area (Å²) in [5.74, 6) is -0.165. The molecule has 1 N–H and O–H groups in total. The van der Waals surface area contributed by atoms with Crippen LogP contribution in [0.1, 0.15) is 31.7 Å². The van der Waals surface area contributed by atoms with Gasteiger partial charge in [-0.25, -0.2) is 9.59 Å². The Labute approximate surface area is 142 Å². The molecule has 0 radical (unpaired) electrons. The van der Waals surface area contributed by atoms with E-state index in [0.29, 0.717) is 25.6 Å². The molecule has 24 heavy (non-hydrogen) atoms. The summed E-state index contributed by atoms with van der Waals surface area (Å²) in [5, 5.41) is 9.05. The molecule has 0 aliphatic carbocycles. The predicted molar refractivity (Wildman–Crippen MR) is 88.2 cm³/mol. The van der Waals surface area contributed by atoms with Crippen LogP contribution in [0.15, 0.2) is 30.3 Å². The van der Waals surface area contributed by atoms with E-state index in [1.165, 1.54) is 6.92 Å². The number of aliphatic hydroxyl groups excluding tert-OH is 1.